The first-order valence-electron chi connectivity index (χ1n) is 15.7. The van der Waals surface area contributed by atoms with E-state index in [1.54, 1.807) is 6.20 Å². The van der Waals surface area contributed by atoms with Crippen LogP contribution in [-0.4, -0.2) is 66.2 Å². The quantitative estimate of drug-likeness (QED) is 0.252. The number of nitrogens with one attached hydrogen (secondary N) is 2. The molecule has 0 bridgehead atoms. The average Bonchev–Trinajstić information content (AvgIpc) is 3.76. The van der Waals surface area contributed by atoms with E-state index in [0.29, 0.717) is 38.0 Å². The van der Waals surface area contributed by atoms with Gasteiger partial charge in [-0.2, -0.15) is 0 Å². The number of nitrogens with two attached hydrogens (primary N) is 1. The maximum absolute atomic E-state index is 14.7. The SMILES string of the molecule is NC(=O)OC1Cc2ccccc2C1C1=CNC(Cc2ccccc2)(CC(O)C(Cc2ccccc2)NC(=O)OC2CCOC2)C1=O. The van der Waals surface area contributed by atoms with E-state index in [2.05, 4.69) is 10.6 Å². The van der Waals surface area contributed by atoms with Crippen LogP contribution in [0, 0.1) is 0 Å². The minimum Gasteiger partial charge on any atom is -0.445 e. The lowest BCUT2D eigenvalue weighted by molar-refractivity contribution is -0.122. The Morgan fingerprint density at radius 2 is 1.70 bits per heavy atom. The number of ketones is 1. The molecule has 6 rings (SSSR count). The molecular formula is C36H39N3O7. The Morgan fingerprint density at radius 1 is 1.00 bits per heavy atom. The van der Waals surface area contributed by atoms with Crippen molar-refractivity contribution in [3.63, 3.8) is 0 Å². The zero-order valence-electron chi connectivity index (χ0n) is 25.5. The van der Waals surface area contributed by atoms with E-state index in [-0.39, 0.29) is 24.7 Å². The summed E-state index contributed by atoms with van der Waals surface area (Å²) in [5, 5.41) is 18.1. The molecule has 2 heterocycles. The van der Waals surface area contributed by atoms with Crippen molar-refractivity contribution in [3.8, 4) is 0 Å². The van der Waals surface area contributed by atoms with Crippen molar-refractivity contribution in [1.82, 2.24) is 10.6 Å². The molecule has 0 aromatic heterocycles. The van der Waals surface area contributed by atoms with E-state index in [9.17, 15) is 19.5 Å². The number of carbonyl (C=O) groups excluding carboxylic acids is 3. The highest BCUT2D eigenvalue weighted by atomic mass is 16.6. The molecular weight excluding hydrogens is 586 g/mol. The number of fused-ring (bicyclic) bond motifs is 1. The van der Waals surface area contributed by atoms with E-state index in [4.69, 9.17) is 19.9 Å². The number of rotatable bonds is 11. The monoisotopic (exact) mass is 625 g/mol. The molecule has 1 aliphatic carbocycles. The summed E-state index contributed by atoms with van der Waals surface area (Å²) >= 11 is 0. The zero-order valence-corrected chi connectivity index (χ0v) is 25.5. The molecule has 10 heteroatoms. The van der Waals surface area contributed by atoms with Crippen molar-refractivity contribution < 1.29 is 33.7 Å². The standard InChI is InChI=1S/C36H39N3O7/c37-34(42)46-31-18-25-13-7-8-14-27(25)32(31)28-21-38-36(33(28)41,19-24-11-5-2-6-12-24)20-30(40)29(17-23-9-3-1-4-10-23)39-35(43)45-26-15-16-44-22-26/h1-14,21,26,29-32,38,40H,15-20,22H2,(H2,37,42)(H,39,43). The molecule has 3 aliphatic rings. The fraction of sp³-hybridized carbons (Fsp3) is 0.361. The molecule has 3 aromatic carbocycles. The highest BCUT2D eigenvalue weighted by Crippen LogP contribution is 2.44. The van der Waals surface area contributed by atoms with Crippen LogP contribution in [0.5, 0.6) is 0 Å². The Morgan fingerprint density at radius 3 is 2.39 bits per heavy atom. The summed E-state index contributed by atoms with van der Waals surface area (Å²) < 4.78 is 16.4. The number of Topliss-reactive ketones (excluding diaryl/α,β-unsaturated/α-hetero) is 1. The summed E-state index contributed by atoms with van der Waals surface area (Å²) in [6.07, 6.45) is -0.382. The van der Waals surface area contributed by atoms with Crippen LogP contribution in [0.1, 0.15) is 41.0 Å². The first-order chi connectivity index (χ1) is 22.3. The number of amides is 2. The Labute approximate surface area is 267 Å². The Kier molecular flexibility index (Phi) is 9.37. The predicted molar refractivity (Wildman–Crippen MR) is 170 cm³/mol. The van der Waals surface area contributed by atoms with Gasteiger partial charge in [-0.3, -0.25) is 4.79 Å². The second-order valence-electron chi connectivity index (χ2n) is 12.3. The average molecular weight is 626 g/mol. The number of hydrogen-bond donors (Lipinski definition) is 4. The van der Waals surface area contributed by atoms with Crippen LogP contribution >= 0.6 is 0 Å². The molecule has 1 saturated heterocycles. The van der Waals surface area contributed by atoms with Crippen molar-refractivity contribution in [1.29, 1.82) is 0 Å². The second-order valence-corrected chi connectivity index (χ2v) is 12.3. The molecule has 0 saturated carbocycles. The van der Waals surface area contributed by atoms with Gasteiger partial charge in [-0.15, -0.1) is 0 Å². The highest BCUT2D eigenvalue weighted by molar-refractivity contribution is 6.06. The molecule has 1 fully saturated rings. The third-order valence-electron chi connectivity index (χ3n) is 9.12. The smallest absolute Gasteiger partial charge is 0.407 e. The van der Waals surface area contributed by atoms with Gasteiger partial charge < -0.3 is 35.7 Å². The van der Waals surface area contributed by atoms with Crippen LogP contribution in [0.2, 0.25) is 0 Å². The van der Waals surface area contributed by atoms with Gasteiger partial charge in [0.05, 0.1) is 31.3 Å². The molecule has 2 aliphatic heterocycles. The number of benzene rings is 3. The molecule has 46 heavy (non-hydrogen) atoms. The van der Waals surface area contributed by atoms with Crippen molar-refractivity contribution in [2.75, 3.05) is 13.2 Å². The molecule has 10 nitrogen and oxygen atoms in total. The number of aliphatic hydroxyl groups excluding tert-OH is 1. The van der Waals surface area contributed by atoms with Crippen LogP contribution in [0.3, 0.4) is 0 Å². The first kappa shape index (κ1) is 31.3. The van der Waals surface area contributed by atoms with E-state index in [1.807, 2.05) is 84.9 Å². The number of alkyl carbamates (subject to hydrolysis) is 1. The van der Waals surface area contributed by atoms with Gasteiger partial charge in [-0.1, -0.05) is 84.9 Å². The molecule has 3 aromatic rings. The summed E-state index contributed by atoms with van der Waals surface area (Å²) in [6, 6.07) is 26.0. The Balaban J connectivity index is 1.29. The summed E-state index contributed by atoms with van der Waals surface area (Å²) in [7, 11) is 0. The van der Waals surface area contributed by atoms with Gasteiger partial charge >= 0.3 is 12.2 Å². The zero-order chi connectivity index (χ0) is 32.1. The summed E-state index contributed by atoms with van der Waals surface area (Å²) in [6.45, 7) is 0.854. The normalized spacial score (nSPS) is 24.8. The fourth-order valence-electron chi connectivity index (χ4n) is 6.93. The lowest BCUT2D eigenvalue weighted by Gasteiger charge is -2.35. The lowest BCUT2D eigenvalue weighted by Crippen LogP contribution is -2.55. The lowest BCUT2D eigenvalue weighted by atomic mass is 9.76. The summed E-state index contributed by atoms with van der Waals surface area (Å²) in [4.78, 5) is 39.6. The van der Waals surface area contributed by atoms with Crippen LogP contribution in [-0.2, 0) is 38.3 Å². The third-order valence-corrected chi connectivity index (χ3v) is 9.12. The number of ether oxygens (including phenoxy) is 3. The van der Waals surface area contributed by atoms with Gasteiger partial charge in [-0.25, -0.2) is 9.59 Å². The largest absolute Gasteiger partial charge is 0.445 e. The van der Waals surface area contributed by atoms with Gasteiger partial charge in [0.25, 0.3) is 0 Å². The predicted octanol–water partition coefficient (Wildman–Crippen LogP) is 3.71. The van der Waals surface area contributed by atoms with Gasteiger partial charge in [-0.05, 0) is 28.7 Å². The van der Waals surface area contributed by atoms with E-state index in [0.717, 1.165) is 22.3 Å². The van der Waals surface area contributed by atoms with Crippen LogP contribution in [0.4, 0.5) is 9.59 Å². The molecule has 2 amide bonds. The van der Waals surface area contributed by atoms with Crippen molar-refractivity contribution in [2.45, 2.75) is 67.9 Å². The number of carbonyl (C=O) groups is 3. The molecule has 6 atom stereocenters. The van der Waals surface area contributed by atoms with E-state index < -0.39 is 41.9 Å². The van der Waals surface area contributed by atoms with Gasteiger partial charge in [0.2, 0.25) is 0 Å². The number of aliphatic hydroxyl groups is 1. The van der Waals surface area contributed by atoms with Crippen molar-refractivity contribution in [2.24, 2.45) is 5.73 Å². The number of primary amides is 1. The van der Waals surface area contributed by atoms with Crippen LogP contribution < -0.4 is 16.4 Å². The van der Waals surface area contributed by atoms with Crippen molar-refractivity contribution >= 4 is 18.0 Å². The fourth-order valence-corrected chi connectivity index (χ4v) is 6.93. The second kappa shape index (κ2) is 13.8. The van der Waals surface area contributed by atoms with E-state index in [1.165, 1.54) is 0 Å². The third kappa shape index (κ3) is 6.93. The minimum absolute atomic E-state index is 0.0131. The topological polar surface area (TPSA) is 149 Å². The van der Waals surface area contributed by atoms with Gasteiger partial charge in [0, 0.05) is 37.5 Å². The maximum Gasteiger partial charge on any atom is 0.407 e. The highest BCUT2D eigenvalue weighted by Gasteiger charge is 2.51. The van der Waals surface area contributed by atoms with E-state index >= 15 is 0 Å². The maximum atomic E-state index is 14.7. The minimum atomic E-state index is -1.25. The van der Waals surface area contributed by atoms with Gasteiger partial charge in [0.15, 0.2) is 5.78 Å². The molecule has 240 valence electrons. The molecule has 0 radical (unpaired) electrons. The van der Waals surface area contributed by atoms with Crippen molar-refractivity contribution in [3.05, 3.63) is 119 Å². The molecule has 0 spiro atoms. The molecule has 6 unspecified atom stereocenters. The Hall–Kier alpha value is -4.67. The number of hydrogen-bond acceptors (Lipinski definition) is 8. The first-order valence-corrected chi connectivity index (χ1v) is 15.7. The Bertz CT molecular complexity index is 1570. The van der Waals surface area contributed by atoms with Crippen LogP contribution in [0.25, 0.3) is 0 Å². The molecule has 5 N–H and O–H groups in total. The summed E-state index contributed by atoms with van der Waals surface area (Å²) in [5.41, 5.74) is 8.33. The summed E-state index contributed by atoms with van der Waals surface area (Å²) in [5.74, 6) is -0.736. The van der Waals surface area contributed by atoms with Crippen LogP contribution in [0.15, 0.2) is 96.7 Å². The van der Waals surface area contributed by atoms with Gasteiger partial charge in [0.1, 0.15) is 17.7 Å².